The van der Waals surface area contributed by atoms with Gasteiger partial charge in [-0.15, -0.1) is 0 Å². The molecule has 0 aromatic carbocycles. The molecule has 0 amide bonds. The lowest BCUT2D eigenvalue weighted by Gasteiger charge is -2.19. The number of hydrogen-bond acceptors (Lipinski definition) is 1. The Labute approximate surface area is 105 Å². The number of allylic oxidation sites excluding steroid dienone is 2. The largest absolute Gasteiger partial charge is 0.384 e. The molecule has 3 aliphatic carbocycles. The van der Waals surface area contributed by atoms with Gasteiger partial charge in [-0.1, -0.05) is 17.6 Å². The Morgan fingerprint density at radius 1 is 0.588 bits per heavy atom. The first-order valence-corrected chi connectivity index (χ1v) is 7.46. The summed E-state index contributed by atoms with van der Waals surface area (Å²) in [5.74, 6) is 0. The van der Waals surface area contributed by atoms with Gasteiger partial charge in [0.2, 0.25) is 0 Å². The van der Waals surface area contributed by atoms with Crippen molar-refractivity contribution in [3.8, 4) is 0 Å². The second kappa shape index (κ2) is 4.97. The monoisotopic (exact) mass is 232 g/mol. The van der Waals surface area contributed by atoms with Crippen molar-refractivity contribution in [3.05, 3.63) is 22.3 Å². The van der Waals surface area contributed by atoms with Crippen molar-refractivity contribution >= 4 is 0 Å². The number of rotatable bonds is 0. The average molecular weight is 232 g/mol. The van der Waals surface area contributed by atoms with Gasteiger partial charge in [0.05, 0.1) is 6.10 Å². The lowest BCUT2D eigenvalue weighted by Crippen LogP contribution is -2.10. The summed E-state index contributed by atoms with van der Waals surface area (Å²) in [7, 11) is 0. The van der Waals surface area contributed by atoms with Gasteiger partial charge in [0.15, 0.2) is 0 Å². The SMILES string of the molecule is OC1C(=C2CCCCC2)CCC1=C1CCCC1. The van der Waals surface area contributed by atoms with E-state index in [2.05, 4.69) is 0 Å². The maximum Gasteiger partial charge on any atom is 0.0966 e. The van der Waals surface area contributed by atoms with E-state index in [4.69, 9.17) is 0 Å². The van der Waals surface area contributed by atoms with Crippen LogP contribution < -0.4 is 0 Å². The molecule has 1 nitrogen and oxygen atoms in total. The first-order chi connectivity index (χ1) is 8.36. The molecule has 0 radical (unpaired) electrons. The molecule has 0 saturated heterocycles. The van der Waals surface area contributed by atoms with Gasteiger partial charge >= 0.3 is 0 Å². The van der Waals surface area contributed by atoms with Crippen molar-refractivity contribution in [2.75, 3.05) is 0 Å². The lowest BCUT2D eigenvalue weighted by molar-refractivity contribution is 0.251. The Bertz CT molecular complexity index is 346. The Hall–Kier alpha value is -0.560. The molecule has 94 valence electrons. The van der Waals surface area contributed by atoms with Crippen molar-refractivity contribution in [1.82, 2.24) is 0 Å². The maximum absolute atomic E-state index is 10.5. The Morgan fingerprint density at radius 2 is 1.00 bits per heavy atom. The van der Waals surface area contributed by atoms with E-state index in [9.17, 15) is 5.11 Å². The van der Waals surface area contributed by atoms with Crippen LogP contribution in [0.25, 0.3) is 0 Å². The van der Waals surface area contributed by atoms with Gasteiger partial charge in [-0.3, -0.25) is 0 Å². The highest BCUT2D eigenvalue weighted by Crippen LogP contribution is 2.41. The first kappa shape index (κ1) is 11.5. The topological polar surface area (TPSA) is 20.2 Å². The van der Waals surface area contributed by atoms with E-state index in [1.807, 2.05) is 0 Å². The van der Waals surface area contributed by atoms with Crippen LogP contribution in [0.4, 0.5) is 0 Å². The van der Waals surface area contributed by atoms with Crippen LogP contribution >= 0.6 is 0 Å². The molecule has 3 rings (SSSR count). The van der Waals surface area contributed by atoms with Crippen LogP contribution in [0.1, 0.15) is 70.6 Å². The highest BCUT2D eigenvalue weighted by molar-refractivity contribution is 5.38. The average Bonchev–Trinajstić information content (AvgIpc) is 2.99. The fraction of sp³-hybridized carbons (Fsp3) is 0.750. The minimum absolute atomic E-state index is 0.184. The van der Waals surface area contributed by atoms with Crippen LogP contribution in [0.3, 0.4) is 0 Å². The molecule has 0 heterocycles. The van der Waals surface area contributed by atoms with Crippen LogP contribution in [0.5, 0.6) is 0 Å². The second-order valence-electron chi connectivity index (χ2n) is 5.93. The molecule has 1 atom stereocenters. The number of aliphatic hydroxyl groups excluding tert-OH is 1. The van der Waals surface area contributed by atoms with E-state index >= 15 is 0 Å². The molecule has 0 bridgehead atoms. The highest BCUT2D eigenvalue weighted by atomic mass is 16.3. The Kier molecular flexibility index (Phi) is 3.37. The minimum atomic E-state index is -0.184. The molecule has 3 fully saturated rings. The molecule has 0 spiro atoms. The maximum atomic E-state index is 10.5. The summed E-state index contributed by atoms with van der Waals surface area (Å²) < 4.78 is 0. The molecule has 0 aliphatic heterocycles. The third-order valence-electron chi connectivity index (χ3n) is 4.90. The van der Waals surface area contributed by atoms with Crippen molar-refractivity contribution in [1.29, 1.82) is 0 Å². The smallest absolute Gasteiger partial charge is 0.0966 e. The number of aliphatic hydroxyl groups is 1. The molecule has 17 heavy (non-hydrogen) atoms. The third-order valence-corrected chi connectivity index (χ3v) is 4.90. The fourth-order valence-corrected chi connectivity index (χ4v) is 3.92. The van der Waals surface area contributed by atoms with Gasteiger partial charge in [0.1, 0.15) is 0 Å². The zero-order valence-corrected chi connectivity index (χ0v) is 10.8. The van der Waals surface area contributed by atoms with Gasteiger partial charge in [-0.25, -0.2) is 0 Å². The molecule has 1 unspecified atom stereocenters. The summed E-state index contributed by atoms with van der Waals surface area (Å²) in [5, 5.41) is 10.5. The molecule has 1 N–H and O–H groups in total. The molecule has 3 saturated carbocycles. The molecule has 0 aromatic heterocycles. The molecule has 3 aliphatic rings. The predicted molar refractivity (Wildman–Crippen MR) is 70.8 cm³/mol. The van der Waals surface area contributed by atoms with E-state index in [0.717, 1.165) is 12.8 Å². The minimum Gasteiger partial charge on any atom is -0.384 e. The van der Waals surface area contributed by atoms with E-state index in [-0.39, 0.29) is 6.10 Å². The zero-order chi connectivity index (χ0) is 11.7. The summed E-state index contributed by atoms with van der Waals surface area (Å²) in [6.07, 6.45) is 13.9. The van der Waals surface area contributed by atoms with E-state index in [1.165, 1.54) is 68.9 Å². The van der Waals surface area contributed by atoms with Gasteiger partial charge < -0.3 is 5.11 Å². The quantitative estimate of drug-likeness (QED) is 0.618. The second-order valence-corrected chi connectivity index (χ2v) is 5.93. The van der Waals surface area contributed by atoms with Crippen molar-refractivity contribution < 1.29 is 5.11 Å². The van der Waals surface area contributed by atoms with Gasteiger partial charge in [0, 0.05) is 0 Å². The molecular formula is C16H24O. The third kappa shape index (κ3) is 2.22. The summed E-state index contributed by atoms with van der Waals surface area (Å²) in [6, 6.07) is 0. The zero-order valence-electron chi connectivity index (χ0n) is 10.8. The first-order valence-electron chi connectivity index (χ1n) is 7.46. The standard InChI is InChI=1S/C16H24O/c17-16-14(12-6-2-1-3-7-12)10-11-15(16)13-8-4-5-9-13/h16-17H,1-11H2. The van der Waals surface area contributed by atoms with Crippen LogP contribution in [0, 0.1) is 0 Å². The van der Waals surface area contributed by atoms with Crippen LogP contribution in [0.15, 0.2) is 22.3 Å². The fourth-order valence-electron chi connectivity index (χ4n) is 3.92. The Morgan fingerprint density at radius 3 is 1.47 bits per heavy atom. The van der Waals surface area contributed by atoms with Gasteiger partial charge in [0.25, 0.3) is 0 Å². The predicted octanol–water partition coefficient (Wildman–Crippen LogP) is 4.27. The van der Waals surface area contributed by atoms with E-state index in [0.29, 0.717) is 0 Å². The van der Waals surface area contributed by atoms with E-state index in [1.54, 1.807) is 11.1 Å². The van der Waals surface area contributed by atoms with Crippen molar-refractivity contribution in [2.24, 2.45) is 0 Å². The number of hydrogen-bond donors (Lipinski definition) is 1. The lowest BCUT2D eigenvalue weighted by atomic mass is 9.89. The summed E-state index contributed by atoms with van der Waals surface area (Å²) in [6.45, 7) is 0. The highest BCUT2D eigenvalue weighted by Gasteiger charge is 2.29. The van der Waals surface area contributed by atoms with E-state index < -0.39 is 0 Å². The summed E-state index contributed by atoms with van der Waals surface area (Å²) in [5.41, 5.74) is 6.04. The van der Waals surface area contributed by atoms with Crippen molar-refractivity contribution in [3.63, 3.8) is 0 Å². The van der Waals surface area contributed by atoms with Crippen molar-refractivity contribution in [2.45, 2.75) is 76.7 Å². The van der Waals surface area contributed by atoms with Crippen LogP contribution in [-0.2, 0) is 0 Å². The summed E-state index contributed by atoms with van der Waals surface area (Å²) >= 11 is 0. The normalized spacial score (nSPS) is 30.5. The van der Waals surface area contributed by atoms with Gasteiger partial charge in [-0.05, 0) is 75.4 Å². The molecule has 1 heteroatoms. The van der Waals surface area contributed by atoms with Crippen LogP contribution in [-0.4, -0.2) is 11.2 Å². The van der Waals surface area contributed by atoms with Crippen LogP contribution in [0.2, 0.25) is 0 Å². The Balaban J connectivity index is 1.83. The summed E-state index contributed by atoms with van der Waals surface area (Å²) in [4.78, 5) is 0. The molecular weight excluding hydrogens is 208 g/mol. The van der Waals surface area contributed by atoms with Gasteiger partial charge in [-0.2, -0.15) is 0 Å². The molecule has 0 aromatic rings.